The van der Waals surface area contributed by atoms with Gasteiger partial charge in [0.25, 0.3) is 0 Å². The number of hydrogen-bond acceptors (Lipinski definition) is 8. The van der Waals surface area contributed by atoms with E-state index in [9.17, 15) is 4.79 Å². The first kappa shape index (κ1) is 27.9. The van der Waals surface area contributed by atoms with Crippen molar-refractivity contribution in [2.24, 2.45) is 5.92 Å². The molecule has 1 aromatic carbocycles. The van der Waals surface area contributed by atoms with E-state index in [-0.39, 0.29) is 6.09 Å². The molecule has 2 aliphatic rings. The summed E-state index contributed by atoms with van der Waals surface area (Å²) in [7, 11) is 0. The van der Waals surface area contributed by atoms with Crippen LogP contribution in [0.1, 0.15) is 39.2 Å². The summed E-state index contributed by atoms with van der Waals surface area (Å²) in [5, 5.41) is 4.37. The van der Waals surface area contributed by atoms with Crippen molar-refractivity contribution < 1.29 is 9.53 Å². The number of piperidine rings is 1. The number of benzene rings is 1. The maximum atomic E-state index is 12.5. The zero-order valence-electron chi connectivity index (χ0n) is 25.3. The molecular weight excluding hydrogens is 554 g/mol. The van der Waals surface area contributed by atoms with E-state index < -0.39 is 5.60 Å². The van der Waals surface area contributed by atoms with Crippen LogP contribution in [0.4, 0.5) is 16.3 Å². The minimum atomic E-state index is -0.474. The van der Waals surface area contributed by atoms with Crippen LogP contribution in [0.25, 0.3) is 34.1 Å². The lowest BCUT2D eigenvalue weighted by molar-refractivity contribution is 0.0186. The van der Waals surface area contributed by atoms with Gasteiger partial charge < -0.3 is 20.3 Å². The van der Waals surface area contributed by atoms with Gasteiger partial charge in [-0.3, -0.25) is 4.57 Å². The molecule has 0 aliphatic carbocycles. The molecule has 0 atom stereocenters. The molecule has 1 amide bonds. The number of amides is 1. The predicted octanol–water partition coefficient (Wildman–Crippen LogP) is 5.26. The second kappa shape index (κ2) is 11.0. The van der Waals surface area contributed by atoms with Gasteiger partial charge in [-0.2, -0.15) is 5.10 Å². The van der Waals surface area contributed by atoms with Crippen molar-refractivity contribution in [2.45, 2.75) is 45.6 Å². The average Bonchev–Trinajstić information content (AvgIpc) is 3.76. The fourth-order valence-electron chi connectivity index (χ4n) is 6.23. The van der Waals surface area contributed by atoms with Gasteiger partial charge in [0.15, 0.2) is 17.3 Å². The minimum Gasteiger partial charge on any atom is -0.444 e. The monoisotopic (exact) mass is 591 g/mol. The number of nitrogen functional groups attached to an aromatic ring is 1. The van der Waals surface area contributed by atoms with Crippen LogP contribution in [-0.4, -0.2) is 72.1 Å². The van der Waals surface area contributed by atoms with Crippen molar-refractivity contribution >= 4 is 28.8 Å². The van der Waals surface area contributed by atoms with Gasteiger partial charge in [-0.25, -0.2) is 24.4 Å². The molecule has 44 heavy (non-hydrogen) atoms. The summed E-state index contributed by atoms with van der Waals surface area (Å²) < 4.78 is 9.40. The Hall–Kier alpha value is -4.93. The van der Waals surface area contributed by atoms with E-state index in [0.29, 0.717) is 23.4 Å². The van der Waals surface area contributed by atoms with Crippen LogP contribution in [0.2, 0.25) is 0 Å². The third kappa shape index (κ3) is 5.34. The number of ether oxygens (including phenoxy) is 1. The molecule has 1 fully saturated rings. The Morgan fingerprint density at radius 1 is 1.02 bits per heavy atom. The fourth-order valence-corrected chi connectivity index (χ4v) is 6.23. The van der Waals surface area contributed by atoms with E-state index in [1.165, 1.54) is 11.3 Å². The standard InChI is InChI=1S/C33H37N9O2/c1-33(2,3)44-32(43)39-17-11-22(12-18-39)21-40-19-13-23-20-24(7-9-27(23)40)42-30(25-6-4-14-35-29(25)34)37-26-8-10-28(38-31(26)42)41-16-5-15-36-41/h4-10,14-16,20,22H,11-13,17-19,21H2,1-3H3,(H2,34,35). The second-order valence-corrected chi connectivity index (χ2v) is 12.6. The fraction of sp³-hybridized carbons (Fsp3) is 0.364. The molecule has 0 bridgehead atoms. The normalized spacial score (nSPS) is 15.6. The Bertz CT molecular complexity index is 1820. The molecule has 1 saturated heterocycles. The smallest absolute Gasteiger partial charge is 0.410 e. The SMILES string of the molecule is CC(C)(C)OC(=O)N1CCC(CN2CCc3cc(-n4c(-c5cccnc5N)nc5ccc(-n6cccn6)nc54)ccc32)CC1. The van der Waals surface area contributed by atoms with Gasteiger partial charge in [0.1, 0.15) is 16.9 Å². The van der Waals surface area contributed by atoms with Crippen LogP contribution >= 0.6 is 0 Å². The Morgan fingerprint density at radius 2 is 1.86 bits per heavy atom. The molecule has 6 heterocycles. The van der Waals surface area contributed by atoms with E-state index in [4.69, 9.17) is 20.4 Å². The van der Waals surface area contributed by atoms with Gasteiger partial charge >= 0.3 is 6.09 Å². The lowest BCUT2D eigenvalue weighted by Crippen LogP contribution is -2.43. The van der Waals surface area contributed by atoms with Crippen molar-refractivity contribution in [3.63, 3.8) is 0 Å². The van der Waals surface area contributed by atoms with Crippen molar-refractivity contribution in [2.75, 3.05) is 36.8 Å². The highest BCUT2D eigenvalue weighted by Crippen LogP contribution is 2.36. The van der Waals surface area contributed by atoms with Gasteiger partial charge in [-0.1, -0.05) is 0 Å². The summed E-state index contributed by atoms with van der Waals surface area (Å²) in [6.45, 7) is 9.16. The topological polar surface area (TPSA) is 120 Å². The Morgan fingerprint density at radius 3 is 2.61 bits per heavy atom. The van der Waals surface area contributed by atoms with E-state index in [2.05, 4.69) is 37.7 Å². The number of aromatic nitrogens is 6. The molecule has 4 aromatic heterocycles. The van der Waals surface area contributed by atoms with E-state index in [0.717, 1.165) is 67.9 Å². The predicted molar refractivity (Wildman–Crippen MR) is 170 cm³/mol. The number of fused-ring (bicyclic) bond motifs is 2. The molecular formula is C33H37N9O2. The lowest BCUT2D eigenvalue weighted by Gasteiger charge is -2.35. The zero-order valence-corrected chi connectivity index (χ0v) is 25.3. The van der Waals surface area contributed by atoms with Crippen LogP contribution in [-0.2, 0) is 11.2 Å². The Balaban J connectivity index is 1.17. The number of hydrogen-bond donors (Lipinski definition) is 1. The molecule has 11 nitrogen and oxygen atoms in total. The molecule has 11 heteroatoms. The van der Waals surface area contributed by atoms with Gasteiger partial charge in [-0.15, -0.1) is 0 Å². The van der Waals surface area contributed by atoms with Crippen molar-refractivity contribution in [1.82, 2.24) is 34.2 Å². The largest absolute Gasteiger partial charge is 0.444 e. The van der Waals surface area contributed by atoms with Crippen LogP contribution in [0.3, 0.4) is 0 Å². The van der Waals surface area contributed by atoms with Crippen molar-refractivity contribution in [3.05, 3.63) is 72.7 Å². The summed E-state index contributed by atoms with van der Waals surface area (Å²) in [6, 6.07) is 16.2. The molecule has 226 valence electrons. The number of imidazole rings is 1. The lowest BCUT2D eigenvalue weighted by atomic mass is 9.96. The Kier molecular flexibility index (Phi) is 6.95. The van der Waals surface area contributed by atoms with Crippen molar-refractivity contribution in [3.8, 4) is 22.9 Å². The first-order valence-electron chi connectivity index (χ1n) is 15.2. The van der Waals surface area contributed by atoms with Gasteiger partial charge in [-0.05, 0) is 100 Å². The Labute approximate surface area is 256 Å². The molecule has 5 aromatic rings. The average molecular weight is 592 g/mol. The molecule has 0 unspecified atom stereocenters. The zero-order chi connectivity index (χ0) is 30.4. The summed E-state index contributed by atoms with van der Waals surface area (Å²) in [5.74, 6) is 2.35. The number of carbonyl (C=O) groups excluding carboxylic acids is 1. The van der Waals surface area contributed by atoms with Crippen LogP contribution in [0.5, 0.6) is 0 Å². The first-order chi connectivity index (χ1) is 21.2. The molecule has 0 saturated carbocycles. The van der Waals surface area contributed by atoms with Crippen LogP contribution in [0.15, 0.2) is 67.1 Å². The maximum Gasteiger partial charge on any atom is 0.410 e. The number of likely N-dealkylation sites (tertiary alicyclic amines) is 1. The first-order valence-corrected chi connectivity index (χ1v) is 15.2. The number of nitrogens with two attached hydrogens (primary N) is 1. The summed E-state index contributed by atoms with van der Waals surface area (Å²) in [4.78, 5) is 31.1. The summed E-state index contributed by atoms with van der Waals surface area (Å²) >= 11 is 0. The van der Waals surface area contributed by atoms with Crippen molar-refractivity contribution in [1.29, 1.82) is 0 Å². The number of nitrogens with zero attached hydrogens (tertiary/aromatic N) is 8. The van der Waals surface area contributed by atoms with Gasteiger partial charge in [0.2, 0.25) is 0 Å². The molecule has 7 rings (SSSR count). The number of rotatable bonds is 5. The molecule has 2 N–H and O–H groups in total. The van der Waals surface area contributed by atoms with Crippen LogP contribution < -0.4 is 10.6 Å². The molecule has 0 spiro atoms. The minimum absolute atomic E-state index is 0.208. The number of anilines is 2. The maximum absolute atomic E-state index is 12.5. The highest BCUT2D eigenvalue weighted by molar-refractivity contribution is 5.83. The van der Waals surface area contributed by atoms with E-state index >= 15 is 0 Å². The van der Waals surface area contributed by atoms with Gasteiger partial charge in [0.05, 0.1) is 5.56 Å². The summed E-state index contributed by atoms with van der Waals surface area (Å²) in [5.41, 5.74) is 11.6. The number of pyridine rings is 2. The van der Waals surface area contributed by atoms with E-state index in [1.807, 2.05) is 62.2 Å². The third-order valence-corrected chi connectivity index (χ3v) is 8.37. The quantitative estimate of drug-likeness (QED) is 0.294. The van der Waals surface area contributed by atoms with Gasteiger partial charge in [0, 0.05) is 56.1 Å². The third-order valence-electron chi connectivity index (χ3n) is 8.37. The molecule has 2 aliphatic heterocycles. The van der Waals surface area contributed by atoms with Crippen LogP contribution in [0, 0.1) is 5.92 Å². The number of carbonyl (C=O) groups is 1. The highest BCUT2D eigenvalue weighted by atomic mass is 16.6. The second-order valence-electron chi connectivity index (χ2n) is 12.6. The summed E-state index contributed by atoms with van der Waals surface area (Å²) in [6.07, 6.45) is 8.01. The molecule has 0 radical (unpaired) electrons. The van der Waals surface area contributed by atoms with E-state index in [1.54, 1.807) is 17.1 Å². The highest BCUT2D eigenvalue weighted by Gasteiger charge is 2.30.